The van der Waals surface area contributed by atoms with Crippen molar-refractivity contribution in [2.45, 2.75) is 141 Å². The third-order valence-corrected chi connectivity index (χ3v) is 12.8. The third kappa shape index (κ3) is 6.03. The van der Waals surface area contributed by atoms with Gasteiger partial charge in [0.05, 0.1) is 18.2 Å². The number of Topliss-reactive ketones (excluding diaryl/α,β-unsaturated/α-hetero) is 1. The molecule has 11 atom stereocenters. The fourth-order valence-electron chi connectivity index (χ4n) is 10.3. The predicted molar refractivity (Wildman–Crippen MR) is 159 cm³/mol. The Morgan fingerprint density at radius 1 is 0.976 bits per heavy atom. The molecule has 11 unspecified atom stereocenters. The third-order valence-electron chi connectivity index (χ3n) is 12.8. The monoisotopic (exact) mass is 567 g/mol. The summed E-state index contributed by atoms with van der Waals surface area (Å²) in [6, 6.07) is -0.531. The maximum Gasteiger partial charge on any atom is 0.220 e. The Kier molecular flexibility index (Phi) is 8.77. The van der Waals surface area contributed by atoms with E-state index < -0.39 is 11.7 Å². The van der Waals surface area contributed by atoms with Crippen LogP contribution < -0.4 is 5.32 Å². The zero-order valence-corrected chi connectivity index (χ0v) is 25.8. The first-order chi connectivity index (χ1) is 19.4. The minimum atomic E-state index is -0.531. The summed E-state index contributed by atoms with van der Waals surface area (Å²) in [5.74, 6) is 5.26. The van der Waals surface area contributed by atoms with E-state index in [2.05, 4.69) is 42.2 Å². The van der Waals surface area contributed by atoms with Crippen LogP contribution in [0.25, 0.3) is 0 Å². The van der Waals surface area contributed by atoms with Crippen molar-refractivity contribution < 1.29 is 19.8 Å². The summed E-state index contributed by atoms with van der Waals surface area (Å²) in [4.78, 5) is 25.9. The maximum atomic E-state index is 13.1. The van der Waals surface area contributed by atoms with Gasteiger partial charge in [0.25, 0.3) is 0 Å². The predicted octanol–water partition coefficient (Wildman–Crippen LogP) is 5.82. The largest absolute Gasteiger partial charge is 0.393 e. The Bertz CT molecular complexity index is 1060. The summed E-state index contributed by atoms with van der Waals surface area (Å²) in [5.41, 5.74) is 0.0231. The van der Waals surface area contributed by atoms with Gasteiger partial charge in [-0.15, -0.1) is 12.3 Å². The van der Waals surface area contributed by atoms with Gasteiger partial charge in [0.2, 0.25) is 5.91 Å². The SMILES string of the molecule is C#CCCC(=O)C(CCC1(C)N=N1)NC(=O)CCC(C)C1CCC2C3C(O)CC4CC(O)CCC4(C)C3CCC12C. The highest BCUT2D eigenvalue weighted by atomic mass is 16.3. The van der Waals surface area contributed by atoms with Gasteiger partial charge in [0, 0.05) is 19.3 Å². The molecule has 1 amide bonds. The first-order valence-electron chi connectivity index (χ1n) is 16.5. The maximum absolute atomic E-state index is 13.1. The number of aliphatic hydroxyl groups excluding tert-OH is 2. The number of carbonyl (C=O) groups is 2. The number of carbonyl (C=O) groups excluding carboxylic acids is 2. The van der Waals surface area contributed by atoms with Crippen LogP contribution in [0.3, 0.4) is 0 Å². The molecule has 7 heteroatoms. The number of amides is 1. The van der Waals surface area contributed by atoms with Crippen LogP contribution in [0.1, 0.15) is 118 Å². The van der Waals surface area contributed by atoms with Crippen molar-refractivity contribution in [2.75, 3.05) is 0 Å². The number of terminal acetylenes is 1. The van der Waals surface area contributed by atoms with Gasteiger partial charge >= 0.3 is 0 Å². The van der Waals surface area contributed by atoms with Crippen LogP contribution in [0.4, 0.5) is 0 Å². The highest BCUT2D eigenvalue weighted by molar-refractivity contribution is 5.89. The number of nitrogens with zero attached hydrogens (tertiary/aromatic N) is 2. The Balaban J connectivity index is 1.18. The van der Waals surface area contributed by atoms with E-state index in [-0.39, 0.29) is 41.1 Å². The fourth-order valence-corrected chi connectivity index (χ4v) is 10.3. The lowest BCUT2D eigenvalue weighted by Gasteiger charge is -2.62. The van der Waals surface area contributed by atoms with Crippen LogP contribution in [0, 0.1) is 58.7 Å². The van der Waals surface area contributed by atoms with E-state index >= 15 is 0 Å². The van der Waals surface area contributed by atoms with Gasteiger partial charge in [-0.05, 0) is 124 Å². The summed E-state index contributed by atoms with van der Waals surface area (Å²) in [6.07, 6.45) is 16.3. The van der Waals surface area contributed by atoms with Crippen molar-refractivity contribution in [3.05, 3.63) is 0 Å². The minimum Gasteiger partial charge on any atom is -0.393 e. The molecule has 1 heterocycles. The average molecular weight is 568 g/mol. The molecule has 5 rings (SSSR count). The van der Waals surface area contributed by atoms with Crippen LogP contribution in [-0.4, -0.2) is 45.8 Å². The fraction of sp³-hybridized carbons (Fsp3) is 0.882. The lowest BCUT2D eigenvalue weighted by atomic mass is 9.43. The van der Waals surface area contributed by atoms with Crippen LogP contribution in [0.5, 0.6) is 0 Å². The number of aliphatic hydroxyl groups is 2. The van der Waals surface area contributed by atoms with Crippen LogP contribution in [0.2, 0.25) is 0 Å². The van der Waals surface area contributed by atoms with Crippen LogP contribution >= 0.6 is 0 Å². The highest BCUT2D eigenvalue weighted by Crippen LogP contribution is 2.68. The van der Waals surface area contributed by atoms with E-state index in [1.807, 2.05) is 6.92 Å². The van der Waals surface area contributed by atoms with Gasteiger partial charge in [0.15, 0.2) is 11.4 Å². The van der Waals surface area contributed by atoms with Gasteiger partial charge in [-0.2, -0.15) is 10.2 Å². The van der Waals surface area contributed by atoms with Crippen molar-refractivity contribution in [1.82, 2.24) is 5.32 Å². The van der Waals surface area contributed by atoms with E-state index in [9.17, 15) is 19.8 Å². The summed E-state index contributed by atoms with van der Waals surface area (Å²) in [7, 11) is 0. The Morgan fingerprint density at radius 3 is 2.39 bits per heavy atom. The molecule has 5 aliphatic rings. The molecule has 0 bridgehead atoms. The normalized spacial score (nSPS) is 41.7. The molecule has 4 saturated carbocycles. The standard InChI is InChI=1S/C34H53N3O4/c1-6-7-8-28(39)27(15-18-34(5)36-37-34)35-30(41)12-9-21(2)24-10-11-25-31-26(14-17-33(24,25)4)32(3)16-13-23(38)19-22(32)20-29(31)40/h1,21-27,29,31,38,40H,7-20H2,2-5H3,(H,35,41). The minimum absolute atomic E-state index is 0.00838. The number of hydrogen-bond donors (Lipinski definition) is 3. The van der Waals surface area contributed by atoms with Crippen LogP contribution in [-0.2, 0) is 9.59 Å². The van der Waals surface area contributed by atoms with Crippen LogP contribution in [0.15, 0.2) is 10.2 Å². The average Bonchev–Trinajstić information content (AvgIpc) is 3.56. The van der Waals surface area contributed by atoms with Gasteiger partial charge < -0.3 is 15.5 Å². The second kappa shape index (κ2) is 11.7. The molecule has 0 aromatic rings. The zero-order chi connectivity index (χ0) is 29.6. The molecule has 0 aromatic carbocycles. The van der Waals surface area contributed by atoms with Crippen molar-refractivity contribution in [2.24, 2.45) is 56.6 Å². The van der Waals surface area contributed by atoms with E-state index in [0.29, 0.717) is 61.2 Å². The van der Waals surface area contributed by atoms with Gasteiger partial charge in [-0.1, -0.05) is 20.8 Å². The topological polar surface area (TPSA) is 111 Å². The molecule has 4 fully saturated rings. The Labute approximate surface area is 247 Å². The van der Waals surface area contributed by atoms with E-state index in [0.717, 1.165) is 38.5 Å². The smallest absolute Gasteiger partial charge is 0.220 e. The van der Waals surface area contributed by atoms with Crippen molar-refractivity contribution in [3.8, 4) is 12.3 Å². The molecule has 3 N–H and O–H groups in total. The molecule has 1 aliphatic heterocycles. The number of hydrogen-bond acceptors (Lipinski definition) is 6. The van der Waals surface area contributed by atoms with E-state index in [4.69, 9.17) is 6.42 Å². The molecule has 7 nitrogen and oxygen atoms in total. The molecule has 41 heavy (non-hydrogen) atoms. The van der Waals surface area contributed by atoms with Crippen molar-refractivity contribution in [1.29, 1.82) is 0 Å². The number of fused-ring (bicyclic) bond motifs is 5. The Morgan fingerprint density at radius 2 is 1.68 bits per heavy atom. The van der Waals surface area contributed by atoms with Crippen molar-refractivity contribution >= 4 is 11.7 Å². The summed E-state index contributed by atoms with van der Waals surface area (Å²) >= 11 is 0. The van der Waals surface area contributed by atoms with E-state index in [1.165, 1.54) is 19.3 Å². The number of rotatable bonds is 11. The quantitative estimate of drug-likeness (QED) is 0.273. The summed E-state index contributed by atoms with van der Waals surface area (Å²) < 4.78 is 0. The molecule has 228 valence electrons. The first-order valence-corrected chi connectivity index (χ1v) is 16.5. The molecule has 0 radical (unpaired) electrons. The lowest BCUT2D eigenvalue weighted by molar-refractivity contribution is -0.174. The molecule has 0 aromatic heterocycles. The molecular weight excluding hydrogens is 514 g/mol. The second-order valence-electron chi connectivity index (χ2n) is 15.2. The first kappa shape index (κ1) is 30.7. The lowest BCUT2D eigenvalue weighted by Crippen LogP contribution is -2.58. The number of nitrogens with one attached hydrogen (secondary N) is 1. The van der Waals surface area contributed by atoms with Gasteiger partial charge in [-0.3, -0.25) is 9.59 Å². The Hall–Kier alpha value is -1.78. The zero-order valence-electron chi connectivity index (χ0n) is 25.8. The molecule has 0 saturated heterocycles. The molecular formula is C34H53N3O4. The van der Waals surface area contributed by atoms with Crippen molar-refractivity contribution in [3.63, 3.8) is 0 Å². The molecule has 0 spiro atoms. The van der Waals surface area contributed by atoms with E-state index in [1.54, 1.807) is 0 Å². The van der Waals surface area contributed by atoms with Gasteiger partial charge in [-0.25, -0.2) is 0 Å². The van der Waals surface area contributed by atoms with Gasteiger partial charge in [0.1, 0.15) is 0 Å². The molecule has 4 aliphatic carbocycles. The highest BCUT2D eigenvalue weighted by Gasteiger charge is 2.62. The number of ketones is 1. The second-order valence-corrected chi connectivity index (χ2v) is 15.2. The summed E-state index contributed by atoms with van der Waals surface area (Å²) in [5, 5.41) is 33.0. The summed E-state index contributed by atoms with van der Waals surface area (Å²) in [6.45, 7) is 9.18.